The maximum absolute atomic E-state index is 11.4. The molecule has 1 aromatic carbocycles. The largest absolute Gasteiger partial charge is 0.411 e. The Morgan fingerprint density at radius 1 is 1.12 bits per heavy atom. The Morgan fingerprint density at radius 3 is 2.82 bits per heavy atom. The summed E-state index contributed by atoms with van der Waals surface area (Å²) in [6, 6.07) is 4.10. The molecule has 0 saturated heterocycles. The first-order chi connectivity index (χ1) is 8.28. The highest BCUT2D eigenvalue weighted by molar-refractivity contribution is 6.04. The van der Waals surface area contributed by atoms with Crippen LogP contribution in [0.25, 0.3) is 0 Å². The lowest BCUT2D eigenvalue weighted by Gasteiger charge is -2.23. The van der Waals surface area contributed by atoms with Gasteiger partial charge >= 0.3 is 0 Å². The molecule has 0 saturated carbocycles. The molecule has 4 nitrogen and oxygen atoms in total. The van der Waals surface area contributed by atoms with Gasteiger partial charge in [-0.15, -0.1) is 0 Å². The summed E-state index contributed by atoms with van der Waals surface area (Å²) in [7, 11) is 0. The van der Waals surface area contributed by atoms with E-state index in [1.54, 1.807) is 0 Å². The van der Waals surface area contributed by atoms with Gasteiger partial charge in [-0.3, -0.25) is 4.79 Å². The van der Waals surface area contributed by atoms with E-state index in [4.69, 9.17) is 5.21 Å². The highest BCUT2D eigenvalue weighted by Gasteiger charge is 2.21. The van der Waals surface area contributed by atoms with Gasteiger partial charge in [0.25, 0.3) is 0 Å². The van der Waals surface area contributed by atoms with Crippen LogP contribution in [0.5, 0.6) is 0 Å². The molecule has 1 aliphatic heterocycles. The van der Waals surface area contributed by atoms with Crippen LogP contribution in [-0.2, 0) is 17.6 Å². The summed E-state index contributed by atoms with van der Waals surface area (Å²) in [5, 5.41) is 15.2. The minimum absolute atomic E-state index is 0.0655. The quantitative estimate of drug-likeness (QED) is 0.529. The summed E-state index contributed by atoms with van der Waals surface area (Å²) in [6.45, 7) is 0. The number of carbonyl (C=O) groups excluding carboxylic acids is 1. The summed E-state index contributed by atoms with van der Waals surface area (Å²) in [5.41, 5.74) is 5.03. The van der Waals surface area contributed by atoms with Crippen LogP contribution in [0, 0.1) is 0 Å². The predicted molar refractivity (Wildman–Crippen MR) is 64.7 cm³/mol. The molecule has 0 spiro atoms. The van der Waals surface area contributed by atoms with E-state index in [1.807, 2.05) is 6.07 Å². The van der Waals surface area contributed by atoms with Crippen LogP contribution in [0.2, 0.25) is 0 Å². The zero-order valence-electron chi connectivity index (χ0n) is 9.49. The van der Waals surface area contributed by atoms with Crippen molar-refractivity contribution in [2.24, 2.45) is 5.16 Å². The predicted octanol–water partition coefficient (Wildman–Crippen LogP) is 2.09. The van der Waals surface area contributed by atoms with Crippen molar-refractivity contribution < 1.29 is 10.0 Å². The summed E-state index contributed by atoms with van der Waals surface area (Å²) in [4.78, 5) is 11.4. The molecule has 1 amide bonds. The standard InChI is InChI=1S/C13H14N2O2/c16-13-5-4-9-6-8-2-1-3-11(15-17)10(8)7-12(9)14-13/h6-7,17H,1-5H2,(H,14,16)/b15-11+. The average Bonchev–Trinajstić information content (AvgIpc) is 2.35. The number of amides is 1. The lowest BCUT2D eigenvalue weighted by molar-refractivity contribution is -0.116. The molecule has 88 valence electrons. The maximum Gasteiger partial charge on any atom is 0.224 e. The van der Waals surface area contributed by atoms with E-state index in [0.29, 0.717) is 6.42 Å². The van der Waals surface area contributed by atoms with Gasteiger partial charge in [-0.2, -0.15) is 0 Å². The zero-order chi connectivity index (χ0) is 11.8. The van der Waals surface area contributed by atoms with E-state index in [2.05, 4.69) is 16.5 Å². The molecule has 17 heavy (non-hydrogen) atoms. The van der Waals surface area contributed by atoms with Gasteiger partial charge < -0.3 is 10.5 Å². The first-order valence-corrected chi connectivity index (χ1v) is 5.95. The number of nitrogens with zero attached hydrogens (tertiary/aromatic N) is 1. The third kappa shape index (κ3) is 1.69. The van der Waals surface area contributed by atoms with E-state index in [-0.39, 0.29) is 5.91 Å². The highest BCUT2D eigenvalue weighted by Crippen LogP contribution is 2.30. The van der Waals surface area contributed by atoms with E-state index in [0.717, 1.165) is 42.6 Å². The fraction of sp³-hybridized carbons (Fsp3) is 0.385. The Bertz CT molecular complexity index is 520. The van der Waals surface area contributed by atoms with Crippen molar-refractivity contribution in [1.82, 2.24) is 0 Å². The van der Waals surface area contributed by atoms with Crippen molar-refractivity contribution in [2.75, 3.05) is 5.32 Å². The van der Waals surface area contributed by atoms with E-state index in [1.165, 1.54) is 11.1 Å². The van der Waals surface area contributed by atoms with Crippen molar-refractivity contribution in [3.8, 4) is 0 Å². The van der Waals surface area contributed by atoms with Crippen LogP contribution in [0.3, 0.4) is 0 Å². The molecule has 0 radical (unpaired) electrons. The Balaban J connectivity index is 2.12. The Labute approximate surface area is 99.3 Å². The third-order valence-electron chi connectivity index (χ3n) is 3.52. The number of carbonyl (C=O) groups is 1. The molecule has 2 N–H and O–H groups in total. The fourth-order valence-electron chi connectivity index (χ4n) is 2.64. The smallest absolute Gasteiger partial charge is 0.224 e. The van der Waals surface area contributed by atoms with Gasteiger partial charge in [-0.1, -0.05) is 11.2 Å². The summed E-state index contributed by atoms with van der Waals surface area (Å²) in [6.07, 6.45) is 4.22. The lowest BCUT2D eigenvalue weighted by atomic mass is 9.86. The van der Waals surface area contributed by atoms with Gasteiger partial charge in [0.15, 0.2) is 0 Å². The number of hydrogen-bond donors (Lipinski definition) is 2. The normalized spacial score (nSPS) is 20.7. The molecule has 1 aliphatic carbocycles. The van der Waals surface area contributed by atoms with Crippen LogP contribution in [0.15, 0.2) is 17.3 Å². The van der Waals surface area contributed by atoms with Crippen molar-refractivity contribution in [3.05, 3.63) is 28.8 Å². The molecule has 0 fully saturated rings. The Hall–Kier alpha value is -1.84. The van der Waals surface area contributed by atoms with Crippen molar-refractivity contribution in [3.63, 3.8) is 0 Å². The number of rotatable bonds is 0. The summed E-state index contributed by atoms with van der Waals surface area (Å²) < 4.78 is 0. The summed E-state index contributed by atoms with van der Waals surface area (Å²) >= 11 is 0. The number of oxime groups is 1. The second kappa shape index (κ2) is 3.87. The molecule has 0 aromatic heterocycles. The molecule has 0 atom stereocenters. The van der Waals surface area contributed by atoms with Crippen LogP contribution in [-0.4, -0.2) is 16.8 Å². The van der Waals surface area contributed by atoms with Gasteiger partial charge in [-0.05, 0) is 42.9 Å². The molecular formula is C13H14N2O2. The van der Waals surface area contributed by atoms with Crippen LogP contribution < -0.4 is 5.32 Å². The van der Waals surface area contributed by atoms with Gasteiger partial charge in [0.1, 0.15) is 0 Å². The fourth-order valence-corrected chi connectivity index (χ4v) is 2.64. The molecule has 1 heterocycles. The summed E-state index contributed by atoms with van der Waals surface area (Å²) in [5.74, 6) is 0.0655. The lowest BCUT2D eigenvalue weighted by Crippen LogP contribution is -2.21. The molecule has 0 unspecified atom stereocenters. The molecule has 2 aliphatic rings. The molecular weight excluding hydrogens is 216 g/mol. The number of nitrogens with one attached hydrogen (secondary N) is 1. The monoisotopic (exact) mass is 230 g/mol. The first kappa shape index (κ1) is 10.3. The average molecular weight is 230 g/mol. The number of hydrogen-bond acceptors (Lipinski definition) is 3. The van der Waals surface area contributed by atoms with Crippen molar-refractivity contribution in [2.45, 2.75) is 32.1 Å². The van der Waals surface area contributed by atoms with Crippen LogP contribution in [0.1, 0.15) is 36.0 Å². The van der Waals surface area contributed by atoms with E-state index in [9.17, 15) is 4.79 Å². The number of fused-ring (bicyclic) bond motifs is 2. The van der Waals surface area contributed by atoms with Gasteiger partial charge in [0.2, 0.25) is 5.91 Å². The van der Waals surface area contributed by atoms with Crippen molar-refractivity contribution in [1.29, 1.82) is 0 Å². The van der Waals surface area contributed by atoms with E-state index >= 15 is 0 Å². The van der Waals surface area contributed by atoms with Gasteiger partial charge in [-0.25, -0.2) is 0 Å². The minimum Gasteiger partial charge on any atom is -0.411 e. The first-order valence-electron chi connectivity index (χ1n) is 5.95. The van der Waals surface area contributed by atoms with E-state index < -0.39 is 0 Å². The topological polar surface area (TPSA) is 61.7 Å². The molecule has 4 heteroatoms. The maximum atomic E-state index is 11.4. The van der Waals surface area contributed by atoms with Crippen molar-refractivity contribution >= 4 is 17.3 Å². The second-order valence-corrected chi connectivity index (χ2v) is 4.61. The third-order valence-corrected chi connectivity index (χ3v) is 3.52. The van der Waals surface area contributed by atoms with Gasteiger partial charge in [0, 0.05) is 17.7 Å². The zero-order valence-corrected chi connectivity index (χ0v) is 9.49. The van der Waals surface area contributed by atoms with Gasteiger partial charge in [0.05, 0.1) is 5.71 Å². The highest BCUT2D eigenvalue weighted by atomic mass is 16.4. The molecule has 0 bridgehead atoms. The van der Waals surface area contributed by atoms with Crippen LogP contribution in [0.4, 0.5) is 5.69 Å². The van der Waals surface area contributed by atoms with Crippen LogP contribution >= 0.6 is 0 Å². The number of aryl methyl sites for hydroxylation is 2. The molecule has 1 aromatic rings. The second-order valence-electron chi connectivity index (χ2n) is 4.61. The number of benzene rings is 1. The molecule has 3 rings (SSSR count). The number of anilines is 1. The minimum atomic E-state index is 0.0655. The Kier molecular flexibility index (Phi) is 2.35. The SMILES string of the molecule is O=C1CCc2cc3c(cc2N1)/C(=N/O)CCC3. The Morgan fingerprint density at radius 2 is 2.00 bits per heavy atom.